The number of nitrogens with zero attached hydrogens (tertiary/aromatic N) is 3. The highest BCUT2D eigenvalue weighted by Gasteiger charge is 2.32. The van der Waals surface area contributed by atoms with Gasteiger partial charge >= 0.3 is 0 Å². The van der Waals surface area contributed by atoms with Crippen LogP contribution in [0, 0.1) is 0 Å². The number of anilines is 2. The molecule has 7 nitrogen and oxygen atoms in total. The summed E-state index contributed by atoms with van der Waals surface area (Å²) in [5.41, 5.74) is 3.40. The van der Waals surface area contributed by atoms with Crippen molar-refractivity contribution in [1.29, 1.82) is 0 Å². The summed E-state index contributed by atoms with van der Waals surface area (Å²) in [5, 5.41) is 7.01. The van der Waals surface area contributed by atoms with Crippen LogP contribution in [0.2, 0.25) is 0 Å². The standard InChI is InChI=1S/C25H26N4O3/c1-16(2)18-8-6-9-20(14-18)26-23(30)15-28-24(31)12-11-21(27-28)25(32)29-17(3)13-19-7-4-5-10-22(19)29/h4-12,14,16-17H,13,15H2,1-3H3,(H,26,30)/t17-/m1/s1. The van der Waals surface area contributed by atoms with E-state index >= 15 is 0 Å². The highest BCUT2D eigenvalue weighted by molar-refractivity contribution is 6.06. The van der Waals surface area contributed by atoms with Crippen molar-refractivity contribution in [2.75, 3.05) is 10.2 Å². The molecule has 2 heterocycles. The number of nitrogens with one attached hydrogen (secondary N) is 1. The molecular formula is C25H26N4O3. The minimum absolute atomic E-state index is 0.0152. The monoisotopic (exact) mass is 430 g/mol. The van der Waals surface area contributed by atoms with E-state index < -0.39 is 5.56 Å². The van der Waals surface area contributed by atoms with Crippen LogP contribution in [-0.4, -0.2) is 27.6 Å². The Labute approximate surface area is 186 Å². The zero-order valence-corrected chi connectivity index (χ0v) is 18.4. The zero-order chi connectivity index (χ0) is 22.8. The molecule has 0 aliphatic carbocycles. The number of hydrogen-bond donors (Lipinski definition) is 1. The van der Waals surface area contributed by atoms with Crippen LogP contribution in [-0.2, 0) is 17.8 Å². The third-order valence-corrected chi connectivity index (χ3v) is 5.64. The minimum atomic E-state index is -0.442. The Morgan fingerprint density at radius 3 is 2.66 bits per heavy atom. The highest BCUT2D eigenvalue weighted by atomic mass is 16.2. The Morgan fingerprint density at radius 2 is 1.88 bits per heavy atom. The molecule has 164 valence electrons. The summed E-state index contributed by atoms with van der Waals surface area (Å²) in [6.07, 6.45) is 0.763. The highest BCUT2D eigenvalue weighted by Crippen LogP contribution is 2.32. The van der Waals surface area contributed by atoms with E-state index in [0.29, 0.717) is 11.6 Å². The number of carbonyl (C=O) groups excluding carboxylic acids is 2. The van der Waals surface area contributed by atoms with Gasteiger partial charge in [-0.25, -0.2) is 4.68 Å². The molecule has 2 aromatic carbocycles. The third kappa shape index (κ3) is 4.32. The SMILES string of the molecule is CC(C)c1cccc(NC(=O)Cn2nc(C(=O)N3c4ccccc4C[C@H]3C)ccc2=O)c1. The number of rotatable bonds is 5. The summed E-state index contributed by atoms with van der Waals surface area (Å²) in [5.74, 6) is -0.344. The average Bonchev–Trinajstić information content (AvgIpc) is 3.10. The normalized spacial score (nSPS) is 15.0. The van der Waals surface area contributed by atoms with Gasteiger partial charge in [-0.15, -0.1) is 0 Å². The fraction of sp³-hybridized carbons (Fsp3) is 0.280. The Bertz CT molecular complexity index is 1230. The topological polar surface area (TPSA) is 84.3 Å². The van der Waals surface area contributed by atoms with Crippen LogP contribution in [0.5, 0.6) is 0 Å². The fourth-order valence-corrected chi connectivity index (χ4v) is 3.99. The van der Waals surface area contributed by atoms with E-state index in [4.69, 9.17) is 0 Å². The molecule has 0 saturated heterocycles. The van der Waals surface area contributed by atoms with Crippen molar-refractivity contribution in [2.45, 2.75) is 45.7 Å². The van der Waals surface area contributed by atoms with Gasteiger partial charge in [-0.2, -0.15) is 5.10 Å². The molecule has 0 saturated carbocycles. The van der Waals surface area contributed by atoms with E-state index in [1.165, 1.54) is 12.1 Å². The first-order chi connectivity index (χ1) is 15.3. The maximum atomic E-state index is 13.2. The van der Waals surface area contributed by atoms with Gasteiger partial charge in [-0.3, -0.25) is 14.4 Å². The van der Waals surface area contributed by atoms with Crippen molar-refractivity contribution in [1.82, 2.24) is 9.78 Å². The summed E-state index contributed by atoms with van der Waals surface area (Å²) < 4.78 is 1.03. The van der Waals surface area contributed by atoms with Gasteiger partial charge in [0.05, 0.1) is 0 Å². The second kappa shape index (κ2) is 8.78. The smallest absolute Gasteiger partial charge is 0.278 e. The van der Waals surface area contributed by atoms with E-state index in [2.05, 4.69) is 24.3 Å². The fourth-order valence-electron chi connectivity index (χ4n) is 3.99. The molecule has 1 N–H and O–H groups in total. The summed E-state index contributed by atoms with van der Waals surface area (Å²) in [7, 11) is 0. The van der Waals surface area contributed by atoms with Gasteiger partial charge in [-0.05, 0) is 54.7 Å². The lowest BCUT2D eigenvalue weighted by Gasteiger charge is -2.22. The first kappa shape index (κ1) is 21.5. The van der Waals surface area contributed by atoms with Crippen LogP contribution in [0.15, 0.2) is 65.5 Å². The Hall–Kier alpha value is -3.74. The zero-order valence-electron chi connectivity index (χ0n) is 18.4. The van der Waals surface area contributed by atoms with Crippen LogP contribution >= 0.6 is 0 Å². The van der Waals surface area contributed by atoms with Crippen molar-refractivity contribution in [3.8, 4) is 0 Å². The number of para-hydroxylation sites is 1. The van der Waals surface area contributed by atoms with E-state index in [-0.39, 0.29) is 30.1 Å². The van der Waals surface area contributed by atoms with Gasteiger partial charge in [0.2, 0.25) is 5.91 Å². The van der Waals surface area contributed by atoms with E-state index in [1.807, 2.05) is 49.4 Å². The van der Waals surface area contributed by atoms with Gasteiger partial charge in [0.15, 0.2) is 0 Å². The van der Waals surface area contributed by atoms with Crippen molar-refractivity contribution >= 4 is 23.2 Å². The van der Waals surface area contributed by atoms with Crippen molar-refractivity contribution in [3.05, 3.63) is 87.8 Å². The molecule has 0 bridgehead atoms. The lowest BCUT2D eigenvalue weighted by Crippen LogP contribution is -2.38. The second-order valence-electron chi connectivity index (χ2n) is 8.40. The largest absolute Gasteiger partial charge is 0.324 e. The number of benzene rings is 2. The molecule has 0 spiro atoms. The van der Waals surface area contributed by atoms with Crippen molar-refractivity contribution in [3.63, 3.8) is 0 Å². The maximum absolute atomic E-state index is 13.2. The van der Waals surface area contributed by atoms with Crippen LogP contribution in [0.4, 0.5) is 11.4 Å². The molecule has 0 radical (unpaired) electrons. The molecule has 1 aliphatic rings. The molecule has 3 aromatic rings. The van der Waals surface area contributed by atoms with Crippen molar-refractivity contribution in [2.24, 2.45) is 0 Å². The quantitative estimate of drug-likeness (QED) is 0.670. The van der Waals surface area contributed by atoms with Gasteiger partial charge in [0, 0.05) is 23.5 Å². The molecule has 0 fully saturated rings. The molecule has 0 unspecified atom stereocenters. The van der Waals surface area contributed by atoms with Crippen LogP contribution in [0.1, 0.15) is 48.3 Å². The molecule has 2 amide bonds. The van der Waals surface area contributed by atoms with Gasteiger partial charge in [-0.1, -0.05) is 44.2 Å². The Kier molecular flexibility index (Phi) is 5.90. The number of fused-ring (bicyclic) bond motifs is 1. The molecule has 4 rings (SSSR count). The summed E-state index contributed by atoms with van der Waals surface area (Å²) in [6, 6.07) is 18.0. The molecule has 7 heteroatoms. The third-order valence-electron chi connectivity index (χ3n) is 5.64. The molecular weight excluding hydrogens is 404 g/mol. The molecule has 1 aliphatic heterocycles. The molecule has 32 heavy (non-hydrogen) atoms. The second-order valence-corrected chi connectivity index (χ2v) is 8.40. The number of aromatic nitrogens is 2. The molecule has 1 aromatic heterocycles. The lowest BCUT2D eigenvalue weighted by atomic mass is 10.0. The number of hydrogen-bond acceptors (Lipinski definition) is 4. The lowest BCUT2D eigenvalue weighted by molar-refractivity contribution is -0.117. The summed E-state index contributed by atoms with van der Waals surface area (Å²) in [4.78, 5) is 39.8. The Balaban J connectivity index is 1.53. The van der Waals surface area contributed by atoms with Gasteiger partial charge in [0.25, 0.3) is 11.5 Å². The first-order valence-electron chi connectivity index (χ1n) is 10.7. The van der Waals surface area contributed by atoms with Crippen LogP contribution in [0.3, 0.4) is 0 Å². The number of amides is 2. The van der Waals surface area contributed by atoms with Gasteiger partial charge < -0.3 is 10.2 Å². The van der Waals surface area contributed by atoms with Crippen LogP contribution < -0.4 is 15.8 Å². The summed E-state index contributed by atoms with van der Waals surface area (Å²) in [6.45, 7) is 5.85. The summed E-state index contributed by atoms with van der Waals surface area (Å²) >= 11 is 0. The van der Waals surface area contributed by atoms with Gasteiger partial charge in [0.1, 0.15) is 12.2 Å². The predicted octanol–water partition coefficient (Wildman–Crippen LogP) is 3.60. The average molecular weight is 431 g/mol. The maximum Gasteiger partial charge on any atom is 0.278 e. The Morgan fingerprint density at radius 1 is 1.09 bits per heavy atom. The first-order valence-corrected chi connectivity index (χ1v) is 10.7. The van der Waals surface area contributed by atoms with E-state index in [0.717, 1.165) is 27.9 Å². The minimum Gasteiger partial charge on any atom is -0.324 e. The van der Waals surface area contributed by atoms with E-state index in [1.54, 1.807) is 11.0 Å². The van der Waals surface area contributed by atoms with Crippen LogP contribution in [0.25, 0.3) is 0 Å². The number of carbonyl (C=O) groups is 2. The predicted molar refractivity (Wildman–Crippen MR) is 124 cm³/mol. The van der Waals surface area contributed by atoms with E-state index in [9.17, 15) is 14.4 Å². The molecule has 1 atom stereocenters. The van der Waals surface area contributed by atoms with Crippen molar-refractivity contribution < 1.29 is 9.59 Å².